The first kappa shape index (κ1) is 9.02. The smallest absolute Gasteiger partial charge is 0.0241 e. The highest BCUT2D eigenvalue weighted by Gasteiger charge is 1.92. The van der Waals surface area contributed by atoms with Crippen LogP contribution in [0.1, 0.15) is 13.8 Å². The summed E-state index contributed by atoms with van der Waals surface area (Å²) in [7, 11) is 0. The van der Waals surface area contributed by atoms with E-state index in [1.165, 1.54) is 0 Å². The fraction of sp³-hybridized carbons (Fsp3) is 0.333. The lowest BCUT2D eigenvalue weighted by Gasteiger charge is -2.01. The van der Waals surface area contributed by atoms with Crippen LogP contribution in [-0.4, -0.2) is 0 Å². The van der Waals surface area contributed by atoms with Crippen LogP contribution in [0.3, 0.4) is 0 Å². The van der Waals surface area contributed by atoms with Crippen LogP contribution in [0.2, 0.25) is 0 Å². The first-order valence-corrected chi connectivity index (χ1v) is 3.35. The van der Waals surface area contributed by atoms with Crippen molar-refractivity contribution in [2.75, 3.05) is 0 Å². The Balaban J connectivity index is 3.90. The van der Waals surface area contributed by atoms with Crippen molar-refractivity contribution >= 4 is 0 Å². The molecule has 0 fully saturated rings. The molecule has 0 rings (SSSR count). The lowest BCUT2D eigenvalue weighted by Crippen LogP contribution is -1.91. The number of nitrogens with two attached hydrogens (primary N) is 1. The molecule has 0 aromatic rings. The number of hydrogen-bond donors (Lipinski definition) is 1. The van der Waals surface area contributed by atoms with Gasteiger partial charge in [0.05, 0.1) is 0 Å². The van der Waals surface area contributed by atoms with Crippen LogP contribution in [-0.2, 0) is 0 Å². The zero-order valence-electron chi connectivity index (χ0n) is 6.72. The molecule has 0 aromatic heterocycles. The summed E-state index contributed by atoms with van der Waals surface area (Å²) >= 11 is 0. The molecule has 2 N–H and O–H groups in total. The van der Waals surface area contributed by atoms with Crippen LogP contribution in [0.5, 0.6) is 0 Å². The molecule has 0 bridgehead atoms. The van der Waals surface area contributed by atoms with Gasteiger partial charge in [0, 0.05) is 5.70 Å². The van der Waals surface area contributed by atoms with Crippen molar-refractivity contribution in [1.82, 2.24) is 0 Å². The summed E-state index contributed by atoms with van der Waals surface area (Å²) in [6, 6.07) is 0. The van der Waals surface area contributed by atoms with Gasteiger partial charge in [0.25, 0.3) is 0 Å². The van der Waals surface area contributed by atoms with E-state index in [0.29, 0.717) is 11.6 Å². The number of hydrogen-bond acceptors (Lipinski definition) is 1. The van der Waals surface area contributed by atoms with E-state index in [0.717, 1.165) is 5.57 Å². The summed E-state index contributed by atoms with van der Waals surface area (Å²) < 4.78 is 0. The molecule has 0 atom stereocenters. The molecule has 1 heteroatoms. The van der Waals surface area contributed by atoms with E-state index >= 15 is 0 Å². The predicted octanol–water partition coefficient (Wildman–Crippen LogP) is 2.23. The highest BCUT2D eigenvalue weighted by atomic mass is 14.5. The normalized spacial score (nSPS) is 10.7. The fourth-order valence-electron chi connectivity index (χ4n) is 0.407. The maximum absolute atomic E-state index is 5.32. The molecule has 0 aliphatic heterocycles. The van der Waals surface area contributed by atoms with Crippen molar-refractivity contribution in [3.8, 4) is 0 Å². The number of allylic oxidation sites excluding steroid dienone is 3. The standard InChI is InChI=1S/C9H15N/c1-7(2)8(3)5-6-9(4)10/h5-7H,3-4,10H2,1-2H3/b6-5-. The molecule has 1 nitrogen and oxygen atoms in total. The van der Waals surface area contributed by atoms with Crippen molar-refractivity contribution < 1.29 is 0 Å². The van der Waals surface area contributed by atoms with Crippen molar-refractivity contribution in [1.29, 1.82) is 0 Å². The largest absolute Gasteiger partial charge is 0.399 e. The van der Waals surface area contributed by atoms with Gasteiger partial charge in [0.2, 0.25) is 0 Å². The molecule has 0 spiro atoms. The lowest BCUT2D eigenvalue weighted by molar-refractivity contribution is 0.795. The average molecular weight is 137 g/mol. The first-order chi connectivity index (χ1) is 4.54. The van der Waals surface area contributed by atoms with Gasteiger partial charge in [-0.25, -0.2) is 0 Å². The van der Waals surface area contributed by atoms with Gasteiger partial charge in [0.15, 0.2) is 0 Å². The summed E-state index contributed by atoms with van der Waals surface area (Å²) in [4.78, 5) is 0. The van der Waals surface area contributed by atoms with Gasteiger partial charge in [-0.05, 0) is 12.0 Å². The van der Waals surface area contributed by atoms with E-state index in [4.69, 9.17) is 5.73 Å². The lowest BCUT2D eigenvalue weighted by atomic mass is 10.1. The van der Waals surface area contributed by atoms with Gasteiger partial charge in [0.1, 0.15) is 0 Å². The molecule has 0 saturated carbocycles. The molecular weight excluding hydrogens is 122 g/mol. The first-order valence-electron chi connectivity index (χ1n) is 3.35. The Morgan fingerprint density at radius 1 is 1.30 bits per heavy atom. The minimum absolute atomic E-state index is 0.482. The summed E-state index contributed by atoms with van der Waals surface area (Å²) in [6.07, 6.45) is 3.66. The Kier molecular flexibility index (Phi) is 3.55. The molecule has 0 radical (unpaired) electrons. The van der Waals surface area contributed by atoms with Gasteiger partial charge in [-0.1, -0.05) is 38.7 Å². The fourth-order valence-corrected chi connectivity index (χ4v) is 0.407. The van der Waals surface area contributed by atoms with Crippen molar-refractivity contribution in [2.45, 2.75) is 13.8 Å². The molecule has 0 aliphatic carbocycles. The molecule has 0 heterocycles. The summed E-state index contributed by atoms with van der Waals surface area (Å²) in [6.45, 7) is 11.6. The zero-order chi connectivity index (χ0) is 8.15. The third-order valence-electron chi connectivity index (χ3n) is 1.25. The molecule has 0 saturated heterocycles. The van der Waals surface area contributed by atoms with Crippen molar-refractivity contribution in [3.05, 3.63) is 36.6 Å². The van der Waals surface area contributed by atoms with Gasteiger partial charge in [-0.15, -0.1) is 0 Å². The Bertz CT molecular complexity index is 164. The van der Waals surface area contributed by atoms with Crippen molar-refractivity contribution in [2.24, 2.45) is 11.7 Å². The molecule has 0 unspecified atom stereocenters. The summed E-state index contributed by atoms with van der Waals surface area (Å²) in [5, 5.41) is 0. The Morgan fingerprint density at radius 2 is 1.80 bits per heavy atom. The van der Waals surface area contributed by atoms with E-state index in [1.54, 1.807) is 6.08 Å². The van der Waals surface area contributed by atoms with Gasteiger partial charge >= 0.3 is 0 Å². The summed E-state index contributed by atoms with van der Waals surface area (Å²) in [5.74, 6) is 0.482. The van der Waals surface area contributed by atoms with Crippen LogP contribution < -0.4 is 5.73 Å². The summed E-state index contributed by atoms with van der Waals surface area (Å²) in [5.41, 5.74) is 6.97. The maximum Gasteiger partial charge on any atom is 0.0241 e. The van der Waals surface area contributed by atoms with E-state index < -0.39 is 0 Å². The molecule has 10 heavy (non-hydrogen) atoms. The molecule has 56 valence electrons. The van der Waals surface area contributed by atoms with E-state index in [9.17, 15) is 0 Å². The second-order valence-corrected chi connectivity index (χ2v) is 2.64. The van der Waals surface area contributed by atoms with E-state index in [1.807, 2.05) is 6.08 Å². The second-order valence-electron chi connectivity index (χ2n) is 2.64. The highest BCUT2D eigenvalue weighted by molar-refractivity contribution is 5.23. The number of rotatable bonds is 3. The zero-order valence-corrected chi connectivity index (χ0v) is 6.72. The van der Waals surface area contributed by atoms with Crippen LogP contribution >= 0.6 is 0 Å². The molecule has 0 aliphatic rings. The van der Waals surface area contributed by atoms with Crippen molar-refractivity contribution in [3.63, 3.8) is 0 Å². The minimum atomic E-state index is 0.482. The van der Waals surface area contributed by atoms with Gasteiger partial charge in [-0.3, -0.25) is 0 Å². The predicted molar refractivity (Wildman–Crippen MR) is 46.4 cm³/mol. The van der Waals surface area contributed by atoms with Gasteiger partial charge < -0.3 is 5.73 Å². The molecule has 0 aromatic carbocycles. The van der Waals surface area contributed by atoms with E-state index in [2.05, 4.69) is 27.0 Å². The van der Waals surface area contributed by atoms with Gasteiger partial charge in [-0.2, -0.15) is 0 Å². The Hall–Kier alpha value is -0.980. The SMILES string of the molecule is C=C(N)/C=C\C(=C)C(C)C. The highest BCUT2D eigenvalue weighted by Crippen LogP contribution is 2.07. The molecular formula is C9H15N. The monoisotopic (exact) mass is 137 g/mol. The Labute approximate surface area is 62.9 Å². The second kappa shape index (κ2) is 3.94. The third-order valence-corrected chi connectivity index (χ3v) is 1.25. The van der Waals surface area contributed by atoms with Crippen LogP contribution in [0.25, 0.3) is 0 Å². The maximum atomic E-state index is 5.32. The Morgan fingerprint density at radius 3 is 2.10 bits per heavy atom. The topological polar surface area (TPSA) is 26.0 Å². The van der Waals surface area contributed by atoms with Crippen LogP contribution in [0.15, 0.2) is 36.6 Å². The average Bonchev–Trinajstić information content (AvgIpc) is 1.82. The quantitative estimate of drug-likeness (QED) is 0.593. The third kappa shape index (κ3) is 3.96. The van der Waals surface area contributed by atoms with Crippen LogP contribution in [0.4, 0.5) is 0 Å². The van der Waals surface area contributed by atoms with E-state index in [-0.39, 0.29) is 0 Å². The minimum Gasteiger partial charge on any atom is -0.399 e. The van der Waals surface area contributed by atoms with Crippen LogP contribution in [0, 0.1) is 5.92 Å². The molecule has 0 amide bonds.